The molecule has 0 unspecified atom stereocenters. The molecule has 2 rings (SSSR count). The quantitative estimate of drug-likeness (QED) is 0.329. The summed E-state index contributed by atoms with van der Waals surface area (Å²) < 4.78 is 17.6. The van der Waals surface area contributed by atoms with E-state index in [0.29, 0.717) is 34.7 Å². The lowest BCUT2D eigenvalue weighted by molar-refractivity contribution is 0.209. The van der Waals surface area contributed by atoms with Gasteiger partial charge in [0.05, 0.1) is 17.8 Å². The Balaban J connectivity index is 1.99. The molecule has 128 valence electrons. The van der Waals surface area contributed by atoms with Crippen LogP contribution in [0.25, 0.3) is 0 Å². The first-order valence-corrected chi connectivity index (χ1v) is 8.22. The van der Waals surface area contributed by atoms with E-state index in [1.807, 2.05) is 19.1 Å². The lowest BCUT2D eigenvalue weighted by Crippen LogP contribution is -2.10. The molecule has 6 heteroatoms. The number of aryl methyl sites for hydroxylation is 2. The van der Waals surface area contributed by atoms with Crippen LogP contribution in [0.15, 0.2) is 40.0 Å². The van der Waals surface area contributed by atoms with Crippen molar-refractivity contribution in [2.45, 2.75) is 13.8 Å². The zero-order valence-corrected chi connectivity index (χ0v) is 15.5. The maximum Gasteiger partial charge on any atom is 0.175 e. The van der Waals surface area contributed by atoms with Crippen molar-refractivity contribution in [1.29, 1.82) is 0 Å². The van der Waals surface area contributed by atoms with Crippen LogP contribution in [0.5, 0.6) is 17.2 Å². The zero-order valence-electron chi connectivity index (χ0n) is 13.9. The molecule has 2 aromatic carbocycles. The number of methoxy groups -OCH3 is 1. The molecule has 0 heterocycles. The minimum atomic E-state index is 0.371. The summed E-state index contributed by atoms with van der Waals surface area (Å²) in [5.74, 6) is 1.98. The molecule has 5 nitrogen and oxygen atoms in total. The van der Waals surface area contributed by atoms with Gasteiger partial charge in [0, 0.05) is 5.56 Å². The molecule has 0 fully saturated rings. The van der Waals surface area contributed by atoms with Crippen LogP contribution >= 0.6 is 15.9 Å². The molecule has 0 aliphatic carbocycles. The number of ether oxygens (including phenoxy) is 3. The van der Waals surface area contributed by atoms with Gasteiger partial charge in [-0.1, -0.05) is 22.9 Å². The number of hydrogen-bond donors (Lipinski definition) is 1. The smallest absolute Gasteiger partial charge is 0.175 e. The molecule has 0 amide bonds. The van der Waals surface area contributed by atoms with Gasteiger partial charge in [0.2, 0.25) is 0 Å². The maximum absolute atomic E-state index is 8.63. The van der Waals surface area contributed by atoms with Gasteiger partial charge >= 0.3 is 0 Å². The Kier molecular flexibility index (Phi) is 6.49. The maximum atomic E-state index is 8.63. The van der Waals surface area contributed by atoms with Gasteiger partial charge in [0.1, 0.15) is 19.0 Å². The number of benzene rings is 2. The Morgan fingerprint density at radius 1 is 1.08 bits per heavy atom. The van der Waals surface area contributed by atoms with Crippen molar-refractivity contribution in [2.24, 2.45) is 5.16 Å². The summed E-state index contributed by atoms with van der Waals surface area (Å²) in [6, 6.07) is 9.57. The van der Waals surface area contributed by atoms with Crippen molar-refractivity contribution in [3.8, 4) is 17.2 Å². The van der Waals surface area contributed by atoms with E-state index >= 15 is 0 Å². The Morgan fingerprint density at radius 2 is 1.83 bits per heavy atom. The summed E-state index contributed by atoms with van der Waals surface area (Å²) in [5.41, 5.74) is 3.00. The first kappa shape index (κ1) is 18.1. The summed E-state index contributed by atoms with van der Waals surface area (Å²) in [5, 5.41) is 11.6. The van der Waals surface area contributed by atoms with Crippen molar-refractivity contribution >= 4 is 22.1 Å². The van der Waals surface area contributed by atoms with Gasteiger partial charge < -0.3 is 19.4 Å². The van der Waals surface area contributed by atoms with Gasteiger partial charge in [-0.2, -0.15) is 0 Å². The van der Waals surface area contributed by atoms with Crippen molar-refractivity contribution in [3.05, 3.63) is 51.5 Å². The molecule has 0 aromatic heterocycles. The Hall–Kier alpha value is -2.21. The first-order chi connectivity index (χ1) is 11.5. The van der Waals surface area contributed by atoms with Crippen LogP contribution in [0, 0.1) is 13.8 Å². The lowest BCUT2D eigenvalue weighted by Gasteiger charge is -2.14. The molecule has 0 atom stereocenters. The second kappa shape index (κ2) is 8.59. The monoisotopic (exact) mass is 393 g/mol. The predicted molar refractivity (Wildman–Crippen MR) is 97.0 cm³/mol. The third-order valence-electron chi connectivity index (χ3n) is 3.38. The Labute approximate surface area is 150 Å². The molecule has 0 saturated heterocycles. The van der Waals surface area contributed by atoms with Gasteiger partial charge in [-0.05, 0) is 53.5 Å². The van der Waals surface area contributed by atoms with Crippen LogP contribution in [0.4, 0.5) is 0 Å². The summed E-state index contributed by atoms with van der Waals surface area (Å²) in [6.45, 7) is 4.86. The Morgan fingerprint density at radius 3 is 2.50 bits per heavy atom. The van der Waals surface area contributed by atoms with E-state index in [1.165, 1.54) is 11.8 Å². The minimum Gasteiger partial charge on any atom is -0.493 e. The number of nitrogens with zero attached hydrogens (tertiary/aromatic N) is 1. The van der Waals surface area contributed by atoms with Gasteiger partial charge in [-0.15, -0.1) is 0 Å². The second-order valence-electron chi connectivity index (χ2n) is 5.24. The van der Waals surface area contributed by atoms with Crippen LogP contribution in [0.2, 0.25) is 0 Å². The molecule has 0 aliphatic rings. The number of halogens is 1. The third-order valence-corrected chi connectivity index (χ3v) is 3.97. The highest BCUT2D eigenvalue weighted by Gasteiger charge is 2.11. The highest BCUT2D eigenvalue weighted by Crippen LogP contribution is 2.36. The minimum absolute atomic E-state index is 0.371. The number of oxime groups is 1. The number of rotatable bonds is 7. The molecule has 1 N–H and O–H groups in total. The fourth-order valence-corrected chi connectivity index (χ4v) is 2.85. The highest BCUT2D eigenvalue weighted by molar-refractivity contribution is 9.10. The molecule has 0 bridgehead atoms. The summed E-state index contributed by atoms with van der Waals surface area (Å²) in [4.78, 5) is 0. The van der Waals surface area contributed by atoms with Crippen molar-refractivity contribution in [2.75, 3.05) is 20.3 Å². The van der Waals surface area contributed by atoms with Gasteiger partial charge in [0.15, 0.2) is 11.5 Å². The normalized spacial score (nSPS) is 10.8. The Bertz CT molecular complexity index is 731. The average Bonchev–Trinajstić information content (AvgIpc) is 2.54. The fraction of sp³-hybridized carbons (Fsp3) is 0.278. The summed E-state index contributed by atoms with van der Waals surface area (Å²) in [7, 11) is 1.56. The summed E-state index contributed by atoms with van der Waals surface area (Å²) in [6.07, 6.45) is 1.32. The van der Waals surface area contributed by atoms with Crippen LogP contribution in [0.1, 0.15) is 16.7 Å². The molecule has 0 radical (unpaired) electrons. The zero-order chi connectivity index (χ0) is 17.5. The summed E-state index contributed by atoms with van der Waals surface area (Å²) >= 11 is 3.44. The van der Waals surface area contributed by atoms with E-state index in [1.54, 1.807) is 19.2 Å². The highest BCUT2D eigenvalue weighted by atomic mass is 79.9. The molecule has 24 heavy (non-hydrogen) atoms. The average molecular weight is 394 g/mol. The fourth-order valence-electron chi connectivity index (χ4n) is 2.28. The lowest BCUT2D eigenvalue weighted by atomic mass is 10.1. The van der Waals surface area contributed by atoms with Crippen molar-refractivity contribution < 1.29 is 19.4 Å². The third kappa shape index (κ3) is 4.64. The van der Waals surface area contributed by atoms with Gasteiger partial charge in [0.25, 0.3) is 0 Å². The van der Waals surface area contributed by atoms with E-state index in [9.17, 15) is 0 Å². The second-order valence-corrected chi connectivity index (χ2v) is 6.10. The van der Waals surface area contributed by atoms with Gasteiger partial charge in [-0.25, -0.2) is 0 Å². The molecular formula is C18H20BrNO4. The SMILES string of the molecule is COc1cc(C=NO)cc(Br)c1OCCOc1ccc(C)cc1C. The van der Waals surface area contributed by atoms with E-state index in [4.69, 9.17) is 19.4 Å². The predicted octanol–water partition coefficient (Wildman–Crippen LogP) is 4.34. The molecular weight excluding hydrogens is 374 g/mol. The molecule has 0 saturated carbocycles. The van der Waals surface area contributed by atoms with Crippen molar-refractivity contribution in [1.82, 2.24) is 0 Å². The van der Waals surface area contributed by atoms with E-state index in [2.05, 4.69) is 34.1 Å². The van der Waals surface area contributed by atoms with Crippen LogP contribution in [0.3, 0.4) is 0 Å². The van der Waals surface area contributed by atoms with Crippen molar-refractivity contribution in [3.63, 3.8) is 0 Å². The molecule has 0 aliphatic heterocycles. The first-order valence-electron chi connectivity index (χ1n) is 7.43. The van der Waals surface area contributed by atoms with Crippen LogP contribution < -0.4 is 14.2 Å². The van der Waals surface area contributed by atoms with Crippen LogP contribution in [-0.4, -0.2) is 31.7 Å². The number of hydrogen-bond acceptors (Lipinski definition) is 5. The van der Waals surface area contributed by atoms with E-state index in [0.717, 1.165) is 11.3 Å². The molecule has 2 aromatic rings. The van der Waals surface area contributed by atoms with Crippen LogP contribution in [-0.2, 0) is 0 Å². The largest absolute Gasteiger partial charge is 0.493 e. The molecule has 0 spiro atoms. The standard InChI is InChI=1S/C18H20BrNO4/c1-12-4-5-16(13(2)8-12)23-6-7-24-18-15(19)9-14(11-20-21)10-17(18)22-3/h4-5,8-11,21H,6-7H2,1-3H3. The van der Waals surface area contributed by atoms with E-state index in [-0.39, 0.29) is 0 Å². The van der Waals surface area contributed by atoms with Gasteiger partial charge in [-0.3, -0.25) is 0 Å². The topological polar surface area (TPSA) is 60.3 Å². The van der Waals surface area contributed by atoms with E-state index < -0.39 is 0 Å².